The van der Waals surface area contributed by atoms with Gasteiger partial charge in [-0.2, -0.15) is 5.10 Å². The van der Waals surface area contributed by atoms with Crippen LogP contribution in [0.5, 0.6) is 0 Å². The van der Waals surface area contributed by atoms with Gasteiger partial charge in [-0.3, -0.25) is 14.9 Å². The zero-order valence-corrected chi connectivity index (χ0v) is 20.6. The molecule has 192 valence electrons. The van der Waals surface area contributed by atoms with Crippen LogP contribution in [0, 0.1) is 0 Å². The van der Waals surface area contributed by atoms with Gasteiger partial charge in [-0.05, 0) is 36.4 Å². The Morgan fingerprint density at radius 1 is 1.05 bits per heavy atom. The molecule has 1 aliphatic rings. The third kappa shape index (κ3) is 4.50. The number of hydrogen-bond acceptors (Lipinski definition) is 8. The number of carbonyl (C=O) groups is 2. The number of nitrogens with two attached hydrogens (primary N) is 1. The zero-order chi connectivity index (χ0) is 26.2. The summed E-state index contributed by atoms with van der Waals surface area (Å²) in [5.74, 6) is -0.0977. The molecule has 0 unspecified atom stereocenters. The Hall–Kier alpha value is -4.91. The third-order valence-corrected chi connectivity index (χ3v) is 6.61. The first kappa shape index (κ1) is 23.5. The van der Waals surface area contributed by atoms with Gasteiger partial charge in [-0.15, -0.1) is 0 Å². The number of fused-ring (bicyclic) bond motifs is 2. The molecule has 1 aliphatic heterocycles. The maximum atomic E-state index is 12.7. The number of hydrogen-bond donors (Lipinski definition) is 4. The molecule has 0 radical (unpaired) electrons. The Labute approximate surface area is 216 Å². The van der Waals surface area contributed by atoms with Crippen LogP contribution in [0.1, 0.15) is 21.5 Å². The van der Waals surface area contributed by atoms with Crippen LogP contribution >= 0.6 is 0 Å². The standard InChI is InChI=1S/C25H25N11O2/c1-35-4-6-36(7-5-35)25(38)30-16-9-14(11-27-13-16)8-15-10-18-20(33-34-22(18)29-12-15)24-31-19-17(21(26)37)2-3-28-23(19)32-24/h2-3,9-13H,4-8H2,1H3,(H2,26,37)(H,30,38)(H,28,31,32)(H,29,33,34). The van der Waals surface area contributed by atoms with Crippen molar-refractivity contribution in [3.8, 4) is 11.5 Å². The molecule has 6 heterocycles. The lowest BCUT2D eigenvalue weighted by Crippen LogP contribution is -2.48. The molecule has 3 amide bonds. The predicted molar refractivity (Wildman–Crippen MR) is 140 cm³/mol. The highest BCUT2D eigenvalue weighted by Gasteiger charge is 2.20. The maximum absolute atomic E-state index is 12.7. The molecule has 0 saturated carbocycles. The molecule has 0 aromatic carbocycles. The minimum Gasteiger partial charge on any atom is -0.366 e. The lowest BCUT2D eigenvalue weighted by Gasteiger charge is -2.32. The summed E-state index contributed by atoms with van der Waals surface area (Å²) in [5.41, 5.74) is 10.3. The first-order valence-corrected chi connectivity index (χ1v) is 12.1. The van der Waals surface area contributed by atoms with E-state index in [1.165, 1.54) is 6.20 Å². The number of nitrogens with zero attached hydrogens (tertiary/aromatic N) is 7. The fourth-order valence-electron chi connectivity index (χ4n) is 4.56. The summed E-state index contributed by atoms with van der Waals surface area (Å²) in [6, 6.07) is 5.32. The van der Waals surface area contributed by atoms with Crippen LogP contribution < -0.4 is 11.1 Å². The van der Waals surface area contributed by atoms with E-state index in [0.717, 1.165) is 29.6 Å². The lowest BCUT2D eigenvalue weighted by atomic mass is 10.1. The smallest absolute Gasteiger partial charge is 0.321 e. The molecule has 13 heteroatoms. The first-order valence-electron chi connectivity index (χ1n) is 12.1. The lowest BCUT2D eigenvalue weighted by molar-refractivity contribution is 0.100. The Morgan fingerprint density at radius 2 is 1.87 bits per heavy atom. The number of H-pyrrole nitrogens is 2. The number of likely N-dealkylation sites (N-methyl/N-ethyl adjacent to an activating group) is 1. The first-order chi connectivity index (χ1) is 18.4. The highest BCUT2D eigenvalue weighted by atomic mass is 16.2. The largest absolute Gasteiger partial charge is 0.366 e. The van der Waals surface area contributed by atoms with Gasteiger partial charge in [0.25, 0.3) is 5.91 Å². The van der Waals surface area contributed by atoms with Crippen LogP contribution in [0.4, 0.5) is 10.5 Å². The van der Waals surface area contributed by atoms with Crippen molar-refractivity contribution in [1.82, 2.24) is 44.9 Å². The predicted octanol–water partition coefficient (Wildman–Crippen LogP) is 1.76. The molecule has 0 bridgehead atoms. The third-order valence-electron chi connectivity index (χ3n) is 6.61. The summed E-state index contributed by atoms with van der Waals surface area (Å²) in [6.45, 7) is 3.10. The van der Waals surface area contributed by atoms with Gasteiger partial charge < -0.3 is 25.8 Å². The quantitative estimate of drug-likeness (QED) is 0.276. The number of primary amides is 1. The van der Waals surface area contributed by atoms with Crippen LogP contribution in [0.2, 0.25) is 0 Å². The number of urea groups is 1. The fourth-order valence-corrected chi connectivity index (χ4v) is 4.56. The molecule has 6 rings (SSSR count). The summed E-state index contributed by atoms with van der Waals surface area (Å²) in [6.07, 6.45) is 7.21. The molecule has 5 aromatic rings. The maximum Gasteiger partial charge on any atom is 0.321 e. The Balaban J connectivity index is 1.24. The highest BCUT2D eigenvalue weighted by Crippen LogP contribution is 2.27. The van der Waals surface area contributed by atoms with Gasteiger partial charge in [-0.25, -0.2) is 19.7 Å². The van der Waals surface area contributed by atoms with Gasteiger partial charge in [0, 0.05) is 51.2 Å². The van der Waals surface area contributed by atoms with E-state index in [9.17, 15) is 9.59 Å². The second kappa shape index (κ2) is 9.52. The second-order valence-electron chi connectivity index (χ2n) is 9.30. The number of pyridine rings is 3. The summed E-state index contributed by atoms with van der Waals surface area (Å²) < 4.78 is 0. The fraction of sp³-hybridized carbons (Fsp3) is 0.240. The highest BCUT2D eigenvalue weighted by molar-refractivity contribution is 6.04. The van der Waals surface area contributed by atoms with E-state index in [2.05, 4.69) is 52.4 Å². The summed E-state index contributed by atoms with van der Waals surface area (Å²) in [5, 5.41) is 11.0. The number of carbonyl (C=O) groups excluding carboxylic acids is 2. The zero-order valence-electron chi connectivity index (χ0n) is 20.6. The average molecular weight is 512 g/mol. The van der Waals surface area contributed by atoms with Gasteiger partial charge in [0.1, 0.15) is 5.69 Å². The number of anilines is 1. The van der Waals surface area contributed by atoms with Crippen LogP contribution in [-0.4, -0.2) is 90.1 Å². The van der Waals surface area contributed by atoms with Crippen molar-refractivity contribution in [3.63, 3.8) is 0 Å². The number of nitrogens with one attached hydrogen (secondary N) is 3. The normalized spacial score (nSPS) is 14.3. The molecule has 0 spiro atoms. The van der Waals surface area contributed by atoms with E-state index >= 15 is 0 Å². The number of aromatic amines is 2. The van der Waals surface area contributed by atoms with E-state index < -0.39 is 5.91 Å². The monoisotopic (exact) mass is 511 g/mol. The van der Waals surface area contributed by atoms with E-state index in [-0.39, 0.29) is 6.03 Å². The van der Waals surface area contributed by atoms with E-state index in [4.69, 9.17) is 5.73 Å². The molecular formula is C25H25N11O2. The van der Waals surface area contributed by atoms with E-state index in [1.807, 2.05) is 17.0 Å². The number of aromatic nitrogens is 7. The summed E-state index contributed by atoms with van der Waals surface area (Å²) in [7, 11) is 2.05. The number of piperazine rings is 1. The van der Waals surface area contributed by atoms with Crippen molar-refractivity contribution in [1.29, 1.82) is 0 Å². The Kier molecular flexibility index (Phi) is 5.88. The topological polar surface area (TPSA) is 175 Å². The van der Waals surface area contributed by atoms with Gasteiger partial charge >= 0.3 is 6.03 Å². The van der Waals surface area contributed by atoms with Crippen LogP contribution in [-0.2, 0) is 6.42 Å². The van der Waals surface area contributed by atoms with Crippen molar-refractivity contribution in [2.75, 3.05) is 38.5 Å². The minimum absolute atomic E-state index is 0.122. The molecule has 1 fully saturated rings. The molecular weight excluding hydrogens is 486 g/mol. The van der Waals surface area contributed by atoms with Crippen molar-refractivity contribution in [3.05, 3.63) is 59.7 Å². The van der Waals surface area contributed by atoms with Crippen molar-refractivity contribution < 1.29 is 9.59 Å². The Bertz CT molecular complexity index is 1670. The number of amides is 3. The van der Waals surface area contributed by atoms with E-state index in [0.29, 0.717) is 59.1 Å². The Morgan fingerprint density at radius 3 is 2.68 bits per heavy atom. The van der Waals surface area contributed by atoms with E-state index in [1.54, 1.807) is 24.7 Å². The van der Waals surface area contributed by atoms with Crippen LogP contribution in [0.3, 0.4) is 0 Å². The minimum atomic E-state index is -0.568. The number of imidazole rings is 1. The molecule has 13 nitrogen and oxygen atoms in total. The summed E-state index contributed by atoms with van der Waals surface area (Å²) in [4.78, 5) is 49.2. The van der Waals surface area contributed by atoms with Crippen LogP contribution in [0.15, 0.2) is 43.0 Å². The SMILES string of the molecule is CN1CCN(C(=O)Nc2cncc(Cc3cnc4n[nH]c(-c5nc6nccc(C(N)=O)c6[nH]5)c4c3)c2)CC1. The van der Waals surface area contributed by atoms with Crippen molar-refractivity contribution in [2.24, 2.45) is 5.73 Å². The van der Waals surface area contributed by atoms with Crippen molar-refractivity contribution >= 4 is 39.8 Å². The summed E-state index contributed by atoms with van der Waals surface area (Å²) >= 11 is 0. The van der Waals surface area contributed by atoms with Gasteiger partial charge in [0.2, 0.25) is 0 Å². The van der Waals surface area contributed by atoms with Gasteiger partial charge in [0.05, 0.1) is 28.4 Å². The molecule has 0 aliphatic carbocycles. The molecule has 1 saturated heterocycles. The average Bonchev–Trinajstić information content (AvgIpc) is 3.53. The second-order valence-corrected chi connectivity index (χ2v) is 9.30. The molecule has 38 heavy (non-hydrogen) atoms. The number of rotatable bonds is 5. The van der Waals surface area contributed by atoms with Crippen LogP contribution in [0.25, 0.3) is 33.7 Å². The molecule has 0 atom stereocenters. The molecule has 5 aromatic heterocycles. The van der Waals surface area contributed by atoms with Crippen molar-refractivity contribution in [2.45, 2.75) is 6.42 Å². The molecule has 5 N–H and O–H groups in total. The van der Waals surface area contributed by atoms with Gasteiger partial charge in [0.15, 0.2) is 17.1 Å². The van der Waals surface area contributed by atoms with Gasteiger partial charge in [-0.1, -0.05) is 0 Å².